The van der Waals surface area contributed by atoms with E-state index in [-0.39, 0.29) is 37.0 Å². The Morgan fingerprint density at radius 3 is 2.57 bits per heavy atom. The summed E-state index contributed by atoms with van der Waals surface area (Å²) in [6.07, 6.45) is 0.808. The van der Waals surface area contributed by atoms with Crippen LogP contribution in [0.5, 0.6) is 0 Å². The van der Waals surface area contributed by atoms with Gasteiger partial charge in [0, 0.05) is 24.9 Å². The number of carbonyl (C=O) groups is 1. The van der Waals surface area contributed by atoms with Crippen molar-refractivity contribution in [1.29, 1.82) is 0 Å². The summed E-state index contributed by atoms with van der Waals surface area (Å²) in [4.78, 5) is 16.9. The Hall–Kier alpha value is -0.900. The summed E-state index contributed by atoms with van der Waals surface area (Å²) in [6, 6.07) is -0.0606. The van der Waals surface area contributed by atoms with Crippen LogP contribution in [0.2, 0.25) is 0 Å². The molecule has 3 N–H and O–H groups in total. The molecule has 2 aliphatic heterocycles. The molecule has 4 rings (SSSR count). The smallest absolute Gasteiger partial charge is 0.390 e. The molecule has 0 aromatic heterocycles. The largest absolute Gasteiger partial charge is 0.392 e. The molecule has 0 aromatic rings. The van der Waals surface area contributed by atoms with Crippen molar-refractivity contribution < 1.29 is 23.1 Å². The third kappa shape index (κ3) is 4.23. The lowest BCUT2D eigenvalue weighted by Crippen LogP contribution is -2.49. The van der Waals surface area contributed by atoms with Crippen LogP contribution in [0.25, 0.3) is 0 Å². The van der Waals surface area contributed by atoms with Gasteiger partial charge in [-0.1, -0.05) is 12.8 Å². The highest BCUT2D eigenvalue weighted by atomic mass is 19.4. The van der Waals surface area contributed by atoms with Gasteiger partial charge >= 0.3 is 6.18 Å². The molecule has 7 atom stereocenters. The number of aliphatic hydroxyl groups is 1. The van der Waals surface area contributed by atoms with Gasteiger partial charge in [-0.2, -0.15) is 13.2 Å². The van der Waals surface area contributed by atoms with E-state index in [1.54, 1.807) is 4.90 Å². The van der Waals surface area contributed by atoms with Crippen LogP contribution in [0.15, 0.2) is 0 Å². The number of nitrogens with one attached hydrogen (secondary N) is 2. The molecular weight excluding hydrogens is 397 g/mol. The minimum atomic E-state index is -4.23. The maximum absolute atomic E-state index is 13.5. The number of rotatable bonds is 4. The van der Waals surface area contributed by atoms with Crippen molar-refractivity contribution in [3.8, 4) is 0 Å². The predicted octanol–water partition coefficient (Wildman–Crippen LogP) is 2.45. The molecular formula is C21H35F3N4O2. The van der Waals surface area contributed by atoms with Crippen LogP contribution in [0.4, 0.5) is 13.2 Å². The van der Waals surface area contributed by atoms with E-state index in [1.165, 1.54) is 0 Å². The lowest BCUT2D eigenvalue weighted by Gasteiger charge is -2.43. The average Bonchev–Trinajstić information content (AvgIpc) is 3.24. The molecule has 6 nitrogen and oxygen atoms in total. The first-order chi connectivity index (χ1) is 14.1. The Kier molecular flexibility index (Phi) is 6.11. The minimum absolute atomic E-state index is 0.0286. The van der Waals surface area contributed by atoms with Crippen molar-refractivity contribution in [2.45, 2.75) is 82.3 Å². The summed E-state index contributed by atoms with van der Waals surface area (Å²) in [5, 5.41) is 11.3. The first kappa shape index (κ1) is 22.3. The number of amides is 1. The summed E-state index contributed by atoms with van der Waals surface area (Å²) < 4.78 is 40.6. The van der Waals surface area contributed by atoms with Crippen LogP contribution in [-0.4, -0.2) is 65.1 Å². The van der Waals surface area contributed by atoms with E-state index in [0.29, 0.717) is 32.4 Å². The first-order valence-corrected chi connectivity index (χ1v) is 11.4. The minimum Gasteiger partial charge on any atom is -0.390 e. The molecule has 9 heteroatoms. The second-order valence-electron chi connectivity index (χ2n) is 10.2. The Bertz CT molecular complexity index is 644. The molecule has 4 aliphatic rings. The van der Waals surface area contributed by atoms with Gasteiger partial charge < -0.3 is 10.0 Å². The zero-order valence-electron chi connectivity index (χ0n) is 17.9. The van der Waals surface area contributed by atoms with Crippen LogP contribution in [0, 0.1) is 23.7 Å². The van der Waals surface area contributed by atoms with Gasteiger partial charge in [-0.15, -0.1) is 0 Å². The van der Waals surface area contributed by atoms with Crippen molar-refractivity contribution in [2.75, 3.05) is 20.3 Å². The van der Waals surface area contributed by atoms with Crippen molar-refractivity contribution >= 4 is 5.91 Å². The van der Waals surface area contributed by atoms with Crippen molar-refractivity contribution in [1.82, 2.24) is 20.7 Å². The maximum Gasteiger partial charge on any atom is 0.392 e. The number of alkyl halides is 3. The Morgan fingerprint density at radius 1 is 1.17 bits per heavy atom. The van der Waals surface area contributed by atoms with Gasteiger partial charge in [-0.05, 0) is 57.9 Å². The van der Waals surface area contributed by atoms with E-state index in [2.05, 4.69) is 15.8 Å². The zero-order chi connectivity index (χ0) is 21.7. The molecule has 0 bridgehead atoms. The fourth-order valence-corrected chi connectivity index (χ4v) is 6.38. The number of likely N-dealkylation sites (tertiary alicyclic amines) is 1. The van der Waals surface area contributed by atoms with E-state index in [9.17, 15) is 23.1 Å². The van der Waals surface area contributed by atoms with E-state index >= 15 is 0 Å². The number of fused-ring (bicyclic) bond motifs is 1. The summed E-state index contributed by atoms with van der Waals surface area (Å²) in [7, 11) is 1.99. The van der Waals surface area contributed by atoms with Gasteiger partial charge in [-0.3, -0.25) is 9.69 Å². The topological polar surface area (TPSA) is 67.8 Å². The maximum atomic E-state index is 13.5. The van der Waals surface area contributed by atoms with Crippen LogP contribution in [0.3, 0.4) is 0 Å². The number of hydrogen-bond acceptors (Lipinski definition) is 5. The summed E-state index contributed by atoms with van der Waals surface area (Å²) in [6.45, 7) is 2.79. The monoisotopic (exact) mass is 432 g/mol. The molecule has 0 spiro atoms. The van der Waals surface area contributed by atoms with Crippen LogP contribution < -0.4 is 10.9 Å². The van der Waals surface area contributed by atoms with E-state index < -0.39 is 29.5 Å². The lowest BCUT2D eigenvalue weighted by molar-refractivity contribution is -0.198. The molecule has 0 aromatic carbocycles. The van der Waals surface area contributed by atoms with E-state index in [4.69, 9.17) is 0 Å². The molecule has 0 radical (unpaired) electrons. The van der Waals surface area contributed by atoms with Crippen molar-refractivity contribution in [3.05, 3.63) is 0 Å². The highest BCUT2D eigenvalue weighted by molar-refractivity contribution is 5.82. The lowest BCUT2D eigenvalue weighted by atomic mass is 9.73. The van der Waals surface area contributed by atoms with Gasteiger partial charge in [-0.25, -0.2) is 10.9 Å². The number of halogens is 3. The molecule has 2 heterocycles. The Morgan fingerprint density at radius 2 is 1.90 bits per heavy atom. The fraction of sp³-hybridized carbons (Fsp3) is 0.952. The van der Waals surface area contributed by atoms with E-state index in [0.717, 1.165) is 19.3 Å². The predicted molar refractivity (Wildman–Crippen MR) is 106 cm³/mol. The van der Waals surface area contributed by atoms with Crippen molar-refractivity contribution in [3.63, 3.8) is 0 Å². The second kappa shape index (κ2) is 8.22. The van der Waals surface area contributed by atoms with Gasteiger partial charge in [0.2, 0.25) is 5.91 Å². The highest BCUT2D eigenvalue weighted by Gasteiger charge is 2.56. The standard InChI is InChI=1S/C21H35F3N4O2/c1-20(30,10-18-26-25-12-27(18)2)13-5-3-6-14(9-13)28-11-16-15(19(28)29)7-4-8-17(16)21(22,23)24/h13-18,25-26,30H,3-12H2,1-2H3. The second-order valence-corrected chi connectivity index (χ2v) is 10.2. The average molecular weight is 433 g/mol. The Balaban J connectivity index is 1.43. The van der Waals surface area contributed by atoms with Gasteiger partial charge in [0.05, 0.1) is 24.4 Å². The zero-order valence-corrected chi connectivity index (χ0v) is 17.9. The number of hydrazine groups is 1. The first-order valence-electron chi connectivity index (χ1n) is 11.4. The summed E-state index contributed by atoms with van der Waals surface area (Å²) in [5.41, 5.74) is 5.34. The molecule has 30 heavy (non-hydrogen) atoms. The number of nitrogens with zero attached hydrogens (tertiary/aromatic N) is 2. The SMILES string of the molecule is CN1CNNC1CC(C)(O)C1CCCC(N2CC3C(CCCC3C(F)(F)F)C2=O)C1. The molecule has 2 saturated heterocycles. The molecule has 2 aliphatic carbocycles. The van der Waals surface area contributed by atoms with Crippen molar-refractivity contribution in [2.24, 2.45) is 23.7 Å². The Labute approximate surface area is 176 Å². The van der Waals surface area contributed by atoms with Crippen LogP contribution in [0.1, 0.15) is 58.3 Å². The van der Waals surface area contributed by atoms with Crippen LogP contribution >= 0.6 is 0 Å². The van der Waals surface area contributed by atoms with E-state index in [1.807, 2.05) is 14.0 Å². The third-order valence-corrected chi connectivity index (χ3v) is 8.19. The number of hydrogen-bond donors (Lipinski definition) is 3. The fourth-order valence-electron chi connectivity index (χ4n) is 6.38. The molecule has 7 unspecified atom stereocenters. The summed E-state index contributed by atoms with van der Waals surface area (Å²) in [5.74, 6) is -2.49. The molecule has 4 fully saturated rings. The quantitative estimate of drug-likeness (QED) is 0.637. The molecule has 1 amide bonds. The van der Waals surface area contributed by atoms with Crippen LogP contribution in [-0.2, 0) is 4.79 Å². The third-order valence-electron chi connectivity index (χ3n) is 8.19. The number of carbonyl (C=O) groups excluding carboxylic acids is 1. The van der Waals surface area contributed by atoms with Gasteiger partial charge in [0.25, 0.3) is 0 Å². The summed E-state index contributed by atoms with van der Waals surface area (Å²) >= 11 is 0. The van der Waals surface area contributed by atoms with Gasteiger partial charge in [0.15, 0.2) is 0 Å². The molecule has 2 saturated carbocycles. The molecule has 172 valence electrons. The highest BCUT2D eigenvalue weighted by Crippen LogP contribution is 2.49. The normalized spacial score (nSPS) is 40.5. The van der Waals surface area contributed by atoms with Gasteiger partial charge in [0.1, 0.15) is 0 Å².